The normalized spacial score (nSPS) is 17.1. The van der Waals surface area contributed by atoms with Gasteiger partial charge in [-0.1, -0.05) is 43.3 Å². The number of carboxylic acid groups (broad SMARTS) is 1. The highest BCUT2D eigenvalue weighted by Gasteiger charge is 2.19. The maximum Gasteiger partial charge on any atom is 0.335 e. The Morgan fingerprint density at radius 1 is 1.14 bits per heavy atom. The third kappa shape index (κ3) is 8.00. The van der Waals surface area contributed by atoms with Gasteiger partial charge in [0.2, 0.25) is 0 Å². The summed E-state index contributed by atoms with van der Waals surface area (Å²) >= 11 is 0. The van der Waals surface area contributed by atoms with E-state index in [-0.39, 0.29) is 11.7 Å². The second-order valence-corrected chi connectivity index (χ2v) is 7.18. The van der Waals surface area contributed by atoms with Crippen molar-refractivity contribution < 1.29 is 24.2 Å². The molecule has 1 aliphatic rings. The molecule has 0 heterocycles. The summed E-state index contributed by atoms with van der Waals surface area (Å²) in [5, 5.41) is 18.4. The minimum Gasteiger partial charge on any atom is -0.478 e. The lowest BCUT2D eigenvalue weighted by molar-refractivity contribution is -0.117. The Morgan fingerprint density at radius 3 is 2.28 bits per heavy atom. The van der Waals surface area contributed by atoms with Crippen LogP contribution in [0.1, 0.15) is 47.7 Å². The number of Topliss-reactive ketones (excluding diaryl/α,β-unsaturated/α-hetero) is 1. The summed E-state index contributed by atoms with van der Waals surface area (Å²) in [6.07, 6.45) is 6.65. The van der Waals surface area contributed by atoms with Crippen LogP contribution in [0.15, 0.2) is 60.7 Å². The van der Waals surface area contributed by atoms with Gasteiger partial charge in [0.05, 0.1) is 11.7 Å². The molecule has 0 saturated heterocycles. The highest BCUT2D eigenvalue weighted by molar-refractivity contribution is 5.87. The SMILES string of the molecule is CCc1ccc(C(=O)O)cc1.O=C1CC[C@H](/C=C/C(O)Cc2ccc(F)cc2)C1. The predicted molar refractivity (Wildman–Crippen MR) is 110 cm³/mol. The Kier molecular flexibility index (Phi) is 8.74. The number of hydrogen-bond acceptors (Lipinski definition) is 3. The van der Waals surface area contributed by atoms with Crippen LogP contribution in [0.3, 0.4) is 0 Å². The van der Waals surface area contributed by atoms with Crippen LogP contribution in [-0.2, 0) is 17.6 Å². The molecule has 1 saturated carbocycles. The van der Waals surface area contributed by atoms with Gasteiger partial charge < -0.3 is 10.2 Å². The number of carbonyl (C=O) groups is 2. The molecule has 2 aromatic carbocycles. The van der Waals surface area contributed by atoms with Crippen molar-refractivity contribution in [3.63, 3.8) is 0 Å². The molecule has 29 heavy (non-hydrogen) atoms. The third-order valence-electron chi connectivity index (χ3n) is 4.86. The molecule has 2 aromatic rings. The molecule has 2 N–H and O–H groups in total. The van der Waals surface area contributed by atoms with E-state index >= 15 is 0 Å². The van der Waals surface area contributed by atoms with Crippen LogP contribution < -0.4 is 0 Å². The number of hydrogen-bond donors (Lipinski definition) is 2. The van der Waals surface area contributed by atoms with E-state index in [1.165, 1.54) is 12.1 Å². The molecule has 0 spiro atoms. The number of rotatable bonds is 6. The number of carbonyl (C=O) groups excluding carboxylic acids is 1. The maximum absolute atomic E-state index is 12.7. The minimum absolute atomic E-state index is 0.270. The Labute approximate surface area is 170 Å². The Bertz CT molecular complexity index is 825. The number of carboxylic acids is 1. The molecule has 0 radical (unpaired) electrons. The highest BCUT2D eigenvalue weighted by Crippen LogP contribution is 2.23. The number of aromatic carboxylic acids is 1. The molecule has 1 aliphatic carbocycles. The first-order valence-corrected chi connectivity index (χ1v) is 9.82. The first kappa shape index (κ1) is 22.5. The molecule has 154 valence electrons. The molecule has 0 aliphatic heterocycles. The molecule has 0 bridgehead atoms. The molecule has 4 nitrogen and oxygen atoms in total. The molecule has 2 atom stereocenters. The van der Waals surface area contributed by atoms with Crippen molar-refractivity contribution in [1.29, 1.82) is 0 Å². The summed E-state index contributed by atoms with van der Waals surface area (Å²) < 4.78 is 12.7. The van der Waals surface area contributed by atoms with E-state index < -0.39 is 12.1 Å². The quantitative estimate of drug-likeness (QED) is 0.698. The molecule has 0 aromatic heterocycles. The highest BCUT2D eigenvalue weighted by atomic mass is 19.1. The van der Waals surface area contributed by atoms with Gasteiger partial charge in [0.25, 0.3) is 0 Å². The molecular formula is C24H27FO4. The second-order valence-electron chi connectivity index (χ2n) is 7.18. The van der Waals surface area contributed by atoms with E-state index in [2.05, 4.69) is 0 Å². The number of allylic oxidation sites excluding steroid dienone is 1. The van der Waals surface area contributed by atoms with E-state index in [9.17, 15) is 19.1 Å². The zero-order valence-electron chi connectivity index (χ0n) is 16.6. The molecule has 3 rings (SSSR count). The fourth-order valence-electron chi connectivity index (χ4n) is 3.11. The van der Waals surface area contributed by atoms with Crippen molar-refractivity contribution in [2.75, 3.05) is 0 Å². The minimum atomic E-state index is -0.868. The molecule has 1 fully saturated rings. The monoisotopic (exact) mass is 398 g/mol. The van der Waals surface area contributed by atoms with Crippen LogP contribution in [-0.4, -0.2) is 28.1 Å². The molecule has 5 heteroatoms. The van der Waals surface area contributed by atoms with E-state index in [0.29, 0.717) is 30.6 Å². The number of halogens is 1. The van der Waals surface area contributed by atoms with E-state index in [1.54, 1.807) is 30.3 Å². The van der Waals surface area contributed by atoms with Crippen LogP contribution in [0.25, 0.3) is 0 Å². The summed E-state index contributed by atoms with van der Waals surface area (Å²) in [7, 11) is 0. The van der Waals surface area contributed by atoms with Gasteiger partial charge >= 0.3 is 5.97 Å². The number of benzene rings is 2. The van der Waals surface area contributed by atoms with Crippen molar-refractivity contribution in [3.05, 3.63) is 83.2 Å². The van der Waals surface area contributed by atoms with Gasteiger partial charge in [-0.05, 0) is 54.2 Å². The van der Waals surface area contributed by atoms with Gasteiger partial charge in [0.1, 0.15) is 11.6 Å². The van der Waals surface area contributed by atoms with Crippen molar-refractivity contribution >= 4 is 11.8 Å². The predicted octanol–water partition coefficient (Wildman–Crippen LogP) is 4.60. The van der Waals surface area contributed by atoms with Gasteiger partial charge in [-0.3, -0.25) is 4.79 Å². The van der Waals surface area contributed by atoms with Crippen molar-refractivity contribution in [2.45, 2.75) is 45.1 Å². The van der Waals surface area contributed by atoms with E-state index in [0.717, 1.165) is 24.0 Å². The van der Waals surface area contributed by atoms with Crippen molar-refractivity contribution in [1.82, 2.24) is 0 Å². The summed E-state index contributed by atoms with van der Waals surface area (Å²) in [5.74, 6) is -0.557. The van der Waals surface area contributed by atoms with Crippen LogP contribution in [0, 0.1) is 11.7 Å². The summed E-state index contributed by atoms with van der Waals surface area (Å²) in [5.41, 5.74) is 2.41. The summed E-state index contributed by atoms with van der Waals surface area (Å²) in [6.45, 7) is 2.04. The van der Waals surface area contributed by atoms with E-state index in [4.69, 9.17) is 5.11 Å². The van der Waals surface area contributed by atoms with Crippen molar-refractivity contribution in [3.8, 4) is 0 Å². The fourth-order valence-corrected chi connectivity index (χ4v) is 3.11. The Morgan fingerprint density at radius 2 is 1.76 bits per heavy atom. The van der Waals surface area contributed by atoms with Gasteiger partial charge in [-0.25, -0.2) is 9.18 Å². The Balaban J connectivity index is 0.000000234. The average molecular weight is 398 g/mol. The molecular weight excluding hydrogens is 371 g/mol. The lowest BCUT2D eigenvalue weighted by Gasteiger charge is -2.07. The summed E-state index contributed by atoms with van der Waals surface area (Å²) in [6, 6.07) is 13.1. The molecule has 1 unspecified atom stereocenters. The fraction of sp³-hybridized carbons (Fsp3) is 0.333. The first-order valence-electron chi connectivity index (χ1n) is 9.82. The molecule has 0 amide bonds. The zero-order chi connectivity index (χ0) is 21.2. The van der Waals surface area contributed by atoms with Gasteiger partial charge in [-0.2, -0.15) is 0 Å². The van der Waals surface area contributed by atoms with Crippen LogP contribution in [0.2, 0.25) is 0 Å². The smallest absolute Gasteiger partial charge is 0.335 e. The van der Waals surface area contributed by atoms with Gasteiger partial charge in [0, 0.05) is 19.3 Å². The lowest BCUT2D eigenvalue weighted by atomic mass is 10.0. The zero-order valence-corrected chi connectivity index (χ0v) is 16.6. The largest absolute Gasteiger partial charge is 0.478 e. The third-order valence-corrected chi connectivity index (χ3v) is 4.86. The average Bonchev–Trinajstić information content (AvgIpc) is 3.14. The number of aliphatic hydroxyl groups excluding tert-OH is 1. The first-order chi connectivity index (χ1) is 13.9. The lowest BCUT2D eigenvalue weighted by Crippen LogP contribution is -2.07. The number of aryl methyl sites for hydroxylation is 1. The van der Waals surface area contributed by atoms with Crippen LogP contribution in [0.5, 0.6) is 0 Å². The maximum atomic E-state index is 12.7. The summed E-state index contributed by atoms with van der Waals surface area (Å²) in [4.78, 5) is 21.5. The van der Waals surface area contributed by atoms with Gasteiger partial charge in [0.15, 0.2) is 0 Å². The van der Waals surface area contributed by atoms with Crippen LogP contribution in [0.4, 0.5) is 4.39 Å². The number of ketones is 1. The Hall–Kier alpha value is -2.79. The van der Waals surface area contributed by atoms with Crippen molar-refractivity contribution in [2.24, 2.45) is 5.92 Å². The topological polar surface area (TPSA) is 74.6 Å². The van der Waals surface area contributed by atoms with Gasteiger partial charge in [-0.15, -0.1) is 0 Å². The number of aliphatic hydroxyl groups is 1. The standard InChI is InChI=1S/C15H17FO2.C9H10O2/c16-13-5-1-11(2-6-13)9-14(17)7-3-12-4-8-15(18)10-12;1-2-7-3-5-8(6-4-7)9(10)11/h1-3,5-7,12,14,17H,4,8-10H2;3-6H,2H2,1H3,(H,10,11)/b7-3+;/t12-,14?;/m0./s1. The van der Waals surface area contributed by atoms with E-state index in [1.807, 2.05) is 25.1 Å². The van der Waals surface area contributed by atoms with Crippen LogP contribution >= 0.6 is 0 Å². The second kappa shape index (κ2) is 11.3.